The van der Waals surface area contributed by atoms with Crippen LogP contribution in [0, 0.1) is 0 Å². The maximum atomic E-state index is 11.5. The van der Waals surface area contributed by atoms with Crippen LogP contribution >= 0.6 is 0 Å². The molecular formula is C12H7N3O. The summed E-state index contributed by atoms with van der Waals surface area (Å²) in [4.78, 5) is 23.6. The molecule has 0 atom stereocenters. The predicted octanol–water partition coefficient (Wildman–Crippen LogP) is 1.54. The second kappa shape index (κ2) is 3.34. The molecule has 0 unspecified atom stereocenters. The standard InChI is InChI=1S/C12H7N3O/c16-11-5-8-6-13-7-14-12(8)9-3-1-2-4-10(9)15-11/h1-7H. The van der Waals surface area contributed by atoms with Gasteiger partial charge in [0.1, 0.15) is 6.33 Å². The van der Waals surface area contributed by atoms with Gasteiger partial charge in [0.2, 0.25) is 0 Å². The van der Waals surface area contributed by atoms with Crippen molar-refractivity contribution in [2.75, 3.05) is 0 Å². The fourth-order valence-corrected chi connectivity index (χ4v) is 1.73. The molecule has 4 heteroatoms. The Morgan fingerprint density at radius 1 is 1.12 bits per heavy atom. The third kappa shape index (κ3) is 1.32. The van der Waals surface area contributed by atoms with Crippen molar-refractivity contribution in [2.45, 2.75) is 0 Å². The van der Waals surface area contributed by atoms with Crippen LogP contribution in [0.5, 0.6) is 0 Å². The van der Waals surface area contributed by atoms with Crippen molar-refractivity contribution in [2.24, 2.45) is 0 Å². The van der Waals surface area contributed by atoms with E-state index in [-0.39, 0.29) is 5.56 Å². The highest BCUT2D eigenvalue weighted by atomic mass is 16.1. The molecule has 0 N–H and O–H groups in total. The SMILES string of the molecule is O=c1cc2cncnc2c2ccccc2n1. The van der Waals surface area contributed by atoms with Crippen LogP contribution in [0.3, 0.4) is 0 Å². The monoisotopic (exact) mass is 209 g/mol. The lowest BCUT2D eigenvalue weighted by Crippen LogP contribution is -1.98. The molecule has 0 fully saturated rings. The Morgan fingerprint density at radius 2 is 2.00 bits per heavy atom. The molecule has 0 aliphatic rings. The van der Waals surface area contributed by atoms with Gasteiger partial charge in [0.25, 0.3) is 5.56 Å². The highest BCUT2D eigenvalue weighted by Gasteiger charge is 2.01. The molecule has 76 valence electrons. The summed E-state index contributed by atoms with van der Waals surface area (Å²) in [6.45, 7) is 0. The van der Waals surface area contributed by atoms with Gasteiger partial charge in [0.15, 0.2) is 0 Å². The Labute approximate surface area is 90.6 Å². The highest BCUT2D eigenvalue weighted by molar-refractivity contribution is 6.01. The van der Waals surface area contributed by atoms with Crippen LogP contribution in [0.1, 0.15) is 0 Å². The number of nitrogens with zero attached hydrogens (tertiary/aromatic N) is 3. The molecule has 4 nitrogen and oxygen atoms in total. The lowest BCUT2D eigenvalue weighted by molar-refractivity contribution is 1.23. The third-order valence-electron chi connectivity index (χ3n) is 2.41. The molecule has 3 aromatic rings. The Balaban J connectivity index is 2.72. The summed E-state index contributed by atoms with van der Waals surface area (Å²) < 4.78 is 0. The Bertz CT molecular complexity index is 678. The number of fused-ring (bicyclic) bond motifs is 3. The molecule has 0 saturated heterocycles. The van der Waals surface area contributed by atoms with Gasteiger partial charge < -0.3 is 0 Å². The van der Waals surface area contributed by atoms with Crippen molar-refractivity contribution in [3.05, 3.63) is 53.2 Å². The fraction of sp³-hybridized carbons (Fsp3) is 0. The van der Waals surface area contributed by atoms with E-state index in [2.05, 4.69) is 15.0 Å². The highest BCUT2D eigenvalue weighted by Crippen LogP contribution is 2.17. The Morgan fingerprint density at radius 3 is 2.94 bits per heavy atom. The predicted molar refractivity (Wildman–Crippen MR) is 61.1 cm³/mol. The maximum Gasteiger partial charge on any atom is 0.271 e. The molecule has 0 saturated carbocycles. The second-order valence-electron chi connectivity index (χ2n) is 3.44. The molecule has 0 amide bonds. The van der Waals surface area contributed by atoms with Gasteiger partial charge in [-0.2, -0.15) is 0 Å². The van der Waals surface area contributed by atoms with E-state index in [4.69, 9.17) is 0 Å². The summed E-state index contributed by atoms with van der Waals surface area (Å²) in [6.07, 6.45) is 3.09. The van der Waals surface area contributed by atoms with E-state index in [1.165, 1.54) is 12.4 Å². The van der Waals surface area contributed by atoms with Crippen molar-refractivity contribution in [3.8, 4) is 0 Å². The van der Waals surface area contributed by atoms with Crippen LogP contribution in [0.15, 0.2) is 47.7 Å². The minimum absolute atomic E-state index is 0.277. The summed E-state index contributed by atoms with van der Waals surface area (Å²) in [5.74, 6) is 0. The van der Waals surface area contributed by atoms with E-state index < -0.39 is 0 Å². The third-order valence-corrected chi connectivity index (χ3v) is 2.41. The van der Waals surface area contributed by atoms with E-state index in [1.807, 2.05) is 18.2 Å². The van der Waals surface area contributed by atoms with Gasteiger partial charge in [-0.05, 0) is 6.07 Å². The molecular weight excluding hydrogens is 202 g/mol. The van der Waals surface area contributed by atoms with Gasteiger partial charge in [-0.3, -0.25) is 4.79 Å². The van der Waals surface area contributed by atoms with Crippen LogP contribution in [0.4, 0.5) is 0 Å². The molecule has 16 heavy (non-hydrogen) atoms. The summed E-state index contributed by atoms with van der Waals surface area (Å²) in [5, 5.41) is 1.57. The molecule has 1 aromatic carbocycles. The quantitative estimate of drug-likeness (QED) is 0.563. The second-order valence-corrected chi connectivity index (χ2v) is 3.44. The average Bonchev–Trinajstić information content (AvgIpc) is 2.44. The molecule has 3 rings (SSSR count). The lowest BCUT2D eigenvalue weighted by atomic mass is 10.2. The number of hydrogen-bond donors (Lipinski definition) is 0. The Hall–Kier alpha value is -2.36. The van der Waals surface area contributed by atoms with Gasteiger partial charge in [-0.15, -0.1) is 0 Å². The first kappa shape index (κ1) is 8.91. The molecule has 2 heterocycles. The van der Waals surface area contributed by atoms with Gasteiger partial charge in [-0.1, -0.05) is 18.2 Å². The largest absolute Gasteiger partial charge is 0.271 e. The number of benzene rings is 1. The summed E-state index contributed by atoms with van der Waals surface area (Å²) in [7, 11) is 0. The Kier molecular flexibility index (Phi) is 1.86. The minimum Gasteiger partial charge on any atom is -0.267 e. The summed E-state index contributed by atoms with van der Waals surface area (Å²) in [6, 6.07) is 8.91. The van der Waals surface area contributed by atoms with Crippen molar-refractivity contribution in [1.29, 1.82) is 0 Å². The van der Waals surface area contributed by atoms with Gasteiger partial charge >= 0.3 is 0 Å². The topological polar surface area (TPSA) is 55.7 Å². The van der Waals surface area contributed by atoms with Crippen LogP contribution in [-0.2, 0) is 0 Å². The molecule has 2 aromatic heterocycles. The number of para-hydroxylation sites is 1. The molecule has 0 spiro atoms. The lowest BCUT2D eigenvalue weighted by Gasteiger charge is -1.93. The number of rotatable bonds is 0. The zero-order valence-corrected chi connectivity index (χ0v) is 8.29. The van der Waals surface area contributed by atoms with E-state index in [0.29, 0.717) is 10.9 Å². The zero-order valence-electron chi connectivity index (χ0n) is 8.29. The van der Waals surface area contributed by atoms with E-state index in [9.17, 15) is 4.79 Å². The molecule has 0 aliphatic carbocycles. The molecule has 0 aliphatic heterocycles. The van der Waals surface area contributed by atoms with Crippen molar-refractivity contribution >= 4 is 21.8 Å². The summed E-state index contributed by atoms with van der Waals surface area (Å²) in [5.41, 5.74) is 1.13. The van der Waals surface area contributed by atoms with E-state index >= 15 is 0 Å². The van der Waals surface area contributed by atoms with Crippen molar-refractivity contribution in [3.63, 3.8) is 0 Å². The normalized spacial score (nSPS) is 10.8. The number of aromatic nitrogens is 3. The van der Waals surface area contributed by atoms with E-state index in [1.54, 1.807) is 12.3 Å². The van der Waals surface area contributed by atoms with Gasteiger partial charge in [-0.25, -0.2) is 15.0 Å². The number of hydrogen-bond acceptors (Lipinski definition) is 4. The maximum absolute atomic E-state index is 11.5. The fourth-order valence-electron chi connectivity index (χ4n) is 1.73. The first-order chi connectivity index (χ1) is 7.84. The van der Waals surface area contributed by atoms with Crippen LogP contribution in [0.25, 0.3) is 21.8 Å². The molecule has 0 bridgehead atoms. The first-order valence-electron chi connectivity index (χ1n) is 4.84. The first-order valence-corrected chi connectivity index (χ1v) is 4.84. The van der Waals surface area contributed by atoms with Crippen LogP contribution < -0.4 is 5.56 Å². The average molecular weight is 209 g/mol. The van der Waals surface area contributed by atoms with Crippen molar-refractivity contribution < 1.29 is 0 Å². The van der Waals surface area contributed by atoms with Gasteiger partial charge in [0, 0.05) is 23.0 Å². The zero-order chi connectivity index (χ0) is 11.0. The van der Waals surface area contributed by atoms with Crippen LogP contribution in [0.2, 0.25) is 0 Å². The van der Waals surface area contributed by atoms with E-state index in [0.717, 1.165) is 10.9 Å². The van der Waals surface area contributed by atoms with Crippen LogP contribution in [-0.4, -0.2) is 15.0 Å². The molecule has 0 radical (unpaired) electrons. The summed E-state index contributed by atoms with van der Waals surface area (Å²) >= 11 is 0. The smallest absolute Gasteiger partial charge is 0.267 e. The minimum atomic E-state index is -0.277. The van der Waals surface area contributed by atoms with Crippen molar-refractivity contribution in [1.82, 2.24) is 15.0 Å². The van der Waals surface area contributed by atoms with Gasteiger partial charge in [0.05, 0.1) is 11.0 Å².